The summed E-state index contributed by atoms with van der Waals surface area (Å²) in [6.45, 7) is 2.66. The monoisotopic (exact) mass is 342 g/mol. The van der Waals surface area contributed by atoms with Crippen LogP contribution >= 0.6 is 11.3 Å². The Morgan fingerprint density at radius 1 is 1.38 bits per heavy atom. The number of hydrogen-bond acceptors (Lipinski definition) is 6. The lowest BCUT2D eigenvalue weighted by molar-refractivity contribution is 0.0946. The Labute approximate surface area is 143 Å². The number of fused-ring (bicyclic) bond motifs is 1. The molecule has 1 aromatic carbocycles. The third kappa shape index (κ3) is 3.09. The second-order valence-electron chi connectivity index (χ2n) is 6.01. The fourth-order valence-electron chi connectivity index (χ4n) is 3.10. The highest BCUT2D eigenvalue weighted by atomic mass is 32.1. The number of rotatable bonds is 4. The molecule has 1 unspecified atom stereocenters. The average Bonchev–Trinajstić information content (AvgIpc) is 3.30. The van der Waals surface area contributed by atoms with Crippen molar-refractivity contribution in [3.63, 3.8) is 0 Å². The Morgan fingerprint density at radius 2 is 2.29 bits per heavy atom. The molecule has 0 saturated carbocycles. The molecule has 124 valence electrons. The van der Waals surface area contributed by atoms with Gasteiger partial charge in [0.2, 0.25) is 0 Å². The summed E-state index contributed by atoms with van der Waals surface area (Å²) in [5.74, 6) is 0.383. The van der Waals surface area contributed by atoms with E-state index >= 15 is 0 Å². The Morgan fingerprint density at radius 3 is 3.17 bits per heavy atom. The lowest BCUT2D eigenvalue weighted by Crippen LogP contribution is -2.41. The minimum absolute atomic E-state index is 0.0636. The van der Waals surface area contributed by atoms with Crippen LogP contribution in [0.25, 0.3) is 11.0 Å². The summed E-state index contributed by atoms with van der Waals surface area (Å²) in [6, 6.07) is 5.35. The third-order valence-corrected chi connectivity index (χ3v) is 5.17. The minimum atomic E-state index is -0.0636. The molecule has 1 atom stereocenters. The van der Waals surface area contributed by atoms with E-state index in [4.69, 9.17) is 0 Å². The number of benzene rings is 1. The van der Waals surface area contributed by atoms with Crippen molar-refractivity contribution in [1.29, 1.82) is 0 Å². The fraction of sp³-hybridized carbons (Fsp3) is 0.375. The summed E-state index contributed by atoms with van der Waals surface area (Å²) < 4.78 is 0. The minimum Gasteiger partial charge on any atom is -0.352 e. The van der Waals surface area contributed by atoms with Crippen LogP contribution in [-0.2, 0) is 0 Å². The largest absolute Gasteiger partial charge is 0.352 e. The van der Waals surface area contributed by atoms with Crippen LogP contribution in [0.3, 0.4) is 0 Å². The molecule has 3 aromatic rings. The van der Waals surface area contributed by atoms with Gasteiger partial charge in [0.15, 0.2) is 5.13 Å². The number of H-pyrrole nitrogens is 1. The van der Waals surface area contributed by atoms with E-state index in [2.05, 4.69) is 30.6 Å². The molecule has 1 saturated heterocycles. The maximum Gasteiger partial charge on any atom is 0.251 e. The molecule has 0 aliphatic carbocycles. The normalized spacial score (nSPS) is 18.0. The van der Waals surface area contributed by atoms with Gasteiger partial charge in [-0.2, -0.15) is 15.4 Å². The number of nitrogens with one attached hydrogen (secondary N) is 2. The molecule has 2 aromatic heterocycles. The average molecular weight is 342 g/mol. The summed E-state index contributed by atoms with van der Waals surface area (Å²) in [4.78, 5) is 19.1. The number of aromatic amines is 1. The number of thiazole rings is 1. The Hall–Kier alpha value is -2.48. The van der Waals surface area contributed by atoms with Gasteiger partial charge in [0.25, 0.3) is 5.91 Å². The van der Waals surface area contributed by atoms with E-state index in [-0.39, 0.29) is 5.91 Å². The number of amides is 1. The van der Waals surface area contributed by atoms with Gasteiger partial charge in [-0.15, -0.1) is 11.3 Å². The van der Waals surface area contributed by atoms with E-state index < -0.39 is 0 Å². The zero-order valence-electron chi connectivity index (χ0n) is 13.1. The fourth-order valence-corrected chi connectivity index (χ4v) is 3.78. The van der Waals surface area contributed by atoms with Gasteiger partial charge in [0.05, 0.1) is 0 Å². The van der Waals surface area contributed by atoms with E-state index in [0.29, 0.717) is 23.5 Å². The number of hydrogen-bond donors (Lipinski definition) is 2. The molecule has 1 aliphatic heterocycles. The lowest BCUT2D eigenvalue weighted by Gasteiger charge is -2.32. The first-order chi connectivity index (χ1) is 11.8. The number of carbonyl (C=O) groups is 1. The summed E-state index contributed by atoms with van der Waals surface area (Å²) >= 11 is 1.67. The van der Waals surface area contributed by atoms with Crippen LogP contribution in [0.2, 0.25) is 0 Å². The van der Waals surface area contributed by atoms with Crippen molar-refractivity contribution in [3.05, 3.63) is 35.3 Å². The van der Waals surface area contributed by atoms with Gasteiger partial charge >= 0.3 is 0 Å². The molecule has 4 rings (SSSR count). The maximum absolute atomic E-state index is 12.4. The number of nitrogens with zero attached hydrogens (tertiary/aromatic N) is 4. The molecule has 2 N–H and O–H groups in total. The highest BCUT2D eigenvalue weighted by molar-refractivity contribution is 7.13. The van der Waals surface area contributed by atoms with Gasteiger partial charge in [-0.1, -0.05) is 0 Å². The molecule has 0 bridgehead atoms. The van der Waals surface area contributed by atoms with Crippen molar-refractivity contribution in [3.8, 4) is 0 Å². The molecule has 8 heteroatoms. The number of anilines is 1. The highest BCUT2D eigenvalue weighted by Gasteiger charge is 2.22. The first kappa shape index (κ1) is 15.1. The third-order valence-electron chi connectivity index (χ3n) is 4.34. The van der Waals surface area contributed by atoms with Crippen LogP contribution in [0.1, 0.15) is 23.2 Å². The van der Waals surface area contributed by atoms with Crippen molar-refractivity contribution in [2.24, 2.45) is 5.92 Å². The van der Waals surface area contributed by atoms with Gasteiger partial charge in [0, 0.05) is 36.8 Å². The van der Waals surface area contributed by atoms with Gasteiger partial charge in [-0.3, -0.25) is 4.79 Å². The quantitative estimate of drug-likeness (QED) is 0.758. The molecule has 0 radical (unpaired) electrons. The first-order valence-electron chi connectivity index (χ1n) is 8.03. The number of piperidine rings is 1. The predicted octanol–water partition coefficient (Wildman–Crippen LogP) is 2.06. The van der Waals surface area contributed by atoms with Gasteiger partial charge in [-0.05, 0) is 37.0 Å². The highest BCUT2D eigenvalue weighted by Crippen LogP contribution is 2.24. The van der Waals surface area contributed by atoms with Crippen molar-refractivity contribution < 1.29 is 4.79 Å². The Bertz CT molecular complexity index is 830. The number of aromatic nitrogens is 4. The van der Waals surface area contributed by atoms with Crippen molar-refractivity contribution in [1.82, 2.24) is 25.7 Å². The lowest BCUT2D eigenvalue weighted by atomic mass is 9.98. The van der Waals surface area contributed by atoms with Crippen LogP contribution in [0.15, 0.2) is 29.8 Å². The Balaban J connectivity index is 1.36. The maximum atomic E-state index is 12.4. The molecule has 7 nitrogen and oxygen atoms in total. The summed E-state index contributed by atoms with van der Waals surface area (Å²) in [5.41, 5.74) is 2.08. The van der Waals surface area contributed by atoms with Crippen LogP contribution in [0.4, 0.5) is 5.13 Å². The molecule has 0 spiro atoms. The zero-order valence-corrected chi connectivity index (χ0v) is 13.9. The second kappa shape index (κ2) is 6.56. The molecular weight excluding hydrogens is 324 g/mol. The molecule has 1 aliphatic rings. The van der Waals surface area contributed by atoms with Gasteiger partial charge in [-0.25, -0.2) is 4.98 Å². The summed E-state index contributed by atoms with van der Waals surface area (Å²) in [5, 5.41) is 16.7. The van der Waals surface area contributed by atoms with Crippen molar-refractivity contribution in [2.45, 2.75) is 12.8 Å². The van der Waals surface area contributed by atoms with E-state index in [1.54, 1.807) is 29.5 Å². The predicted molar refractivity (Wildman–Crippen MR) is 93.3 cm³/mol. The Kier molecular flexibility index (Phi) is 4.12. The standard InChI is InChI=1S/C16H18N6OS/c23-15(12-3-4-13-14(8-12)20-21-19-13)18-9-11-2-1-6-22(10-11)16-17-5-7-24-16/h3-5,7-8,11H,1-2,6,9-10H2,(H,18,23)(H,19,20,21). The van der Waals surface area contributed by atoms with Crippen molar-refractivity contribution in [2.75, 3.05) is 24.5 Å². The zero-order chi connectivity index (χ0) is 16.4. The topological polar surface area (TPSA) is 86.8 Å². The smallest absolute Gasteiger partial charge is 0.251 e. The van der Waals surface area contributed by atoms with Gasteiger partial charge < -0.3 is 10.2 Å². The van der Waals surface area contributed by atoms with Gasteiger partial charge in [0.1, 0.15) is 11.0 Å². The SMILES string of the molecule is O=C(NCC1CCCN(c2nccs2)C1)c1ccc2n[nH]nc2c1. The number of carbonyl (C=O) groups excluding carboxylic acids is 1. The van der Waals surface area contributed by atoms with Crippen LogP contribution in [-0.4, -0.2) is 45.9 Å². The molecule has 1 fully saturated rings. The van der Waals surface area contributed by atoms with E-state index in [1.807, 2.05) is 11.6 Å². The van der Waals surface area contributed by atoms with E-state index in [0.717, 1.165) is 36.6 Å². The summed E-state index contributed by atoms with van der Waals surface area (Å²) in [7, 11) is 0. The summed E-state index contributed by atoms with van der Waals surface area (Å²) in [6.07, 6.45) is 4.10. The molecule has 3 heterocycles. The van der Waals surface area contributed by atoms with Crippen LogP contribution < -0.4 is 10.2 Å². The molecule has 24 heavy (non-hydrogen) atoms. The molecule has 1 amide bonds. The van der Waals surface area contributed by atoms with E-state index in [9.17, 15) is 4.79 Å². The van der Waals surface area contributed by atoms with E-state index in [1.165, 1.54) is 0 Å². The molecular formula is C16H18N6OS. The van der Waals surface area contributed by atoms with Crippen molar-refractivity contribution >= 4 is 33.4 Å². The second-order valence-corrected chi connectivity index (χ2v) is 6.88. The van der Waals surface area contributed by atoms with Crippen LogP contribution in [0.5, 0.6) is 0 Å². The first-order valence-corrected chi connectivity index (χ1v) is 8.91. The van der Waals surface area contributed by atoms with Crippen LogP contribution in [0, 0.1) is 5.92 Å².